The van der Waals surface area contributed by atoms with Crippen LogP contribution in [0.4, 0.5) is 4.79 Å². The Hall–Kier alpha value is -0.810. The molecule has 0 aromatic heterocycles. The number of nitrogens with zero attached hydrogens (tertiary/aromatic N) is 2. The van der Waals surface area contributed by atoms with Crippen LogP contribution in [0.1, 0.15) is 19.3 Å². The summed E-state index contributed by atoms with van der Waals surface area (Å²) in [4.78, 5) is 15.4. The molecule has 0 aromatic carbocycles. The lowest BCUT2D eigenvalue weighted by atomic mass is 10.1. The molecule has 0 radical (unpaired) electrons. The van der Waals surface area contributed by atoms with E-state index in [1.165, 1.54) is 13.5 Å². The Morgan fingerprint density at radius 1 is 1.44 bits per heavy atom. The zero-order valence-corrected chi connectivity index (χ0v) is 10.2. The monoisotopic (exact) mass is 230 g/mol. The molecule has 1 unspecified atom stereocenters. The minimum absolute atomic E-state index is 0.00912. The van der Waals surface area contributed by atoms with Crippen LogP contribution in [0.25, 0.3) is 0 Å². The Balaban J connectivity index is 2.34. The molecule has 16 heavy (non-hydrogen) atoms. The molecule has 2 amide bonds. The van der Waals surface area contributed by atoms with Gasteiger partial charge in [0.25, 0.3) is 0 Å². The van der Waals surface area contributed by atoms with Gasteiger partial charge in [-0.05, 0) is 19.3 Å². The highest BCUT2D eigenvalue weighted by Crippen LogP contribution is 2.10. The predicted molar refractivity (Wildman–Crippen MR) is 61.3 cm³/mol. The number of urea groups is 1. The molecule has 1 atom stereocenters. The molecule has 1 fully saturated rings. The van der Waals surface area contributed by atoms with E-state index in [0.29, 0.717) is 6.54 Å². The third-order valence-corrected chi connectivity index (χ3v) is 2.80. The highest BCUT2D eigenvalue weighted by Gasteiger charge is 2.21. The van der Waals surface area contributed by atoms with Gasteiger partial charge in [-0.15, -0.1) is 0 Å². The minimum atomic E-state index is -0.608. The van der Waals surface area contributed by atoms with Crippen LogP contribution >= 0.6 is 0 Å². The molecule has 1 aliphatic rings. The minimum Gasteiger partial charge on any atom is -0.389 e. The van der Waals surface area contributed by atoms with Crippen LogP contribution < -0.4 is 0 Å². The second-order valence-corrected chi connectivity index (χ2v) is 4.32. The van der Waals surface area contributed by atoms with Crippen LogP contribution in [0.3, 0.4) is 0 Å². The van der Waals surface area contributed by atoms with E-state index in [9.17, 15) is 9.90 Å². The van der Waals surface area contributed by atoms with Gasteiger partial charge in [0.2, 0.25) is 0 Å². The molecule has 0 spiro atoms. The van der Waals surface area contributed by atoms with Crippen LogP contribution in [0.2, 0.25) is 0 Å². The fraction of sp³-hybridized carbons (Fsp3) is 0.909. The number of methoxy groups -OCH3 is 1. The number of rotatable bonds is 4. The third-order valence-electron chi connectivity index (χ3n) is 2.80. The first-order valence-electron chi connectivity index (χ1n) is 5.82. The van der Waals surface area contributed by atoms with E-state index in [1.54, 1.807) is 11.9 Å². The van der Waals surface area contributed by atoms with E-state index >= 15 is 0 Å². The van der Waals surface area contributed by atoms with E-state index < -0.39 is 6.10 Å². The maximum Gasteiger partial charge on any atom is 0.319 e. The number of hydrogen-bond acceptors (Lipinski definition) is 3. The van der Waals surface area contributed by atoms with Gasteiger partial charge < -0.3 is 19.6 Å². The summed E-state index contributed by atoms with van der Waals surface area (Å²) < 4.78 is 4.83. The summed E-state index contributed by atoms with van der Waals surface area (Å²) in [6.45, 7) is 2.26. The van der Waals surface area contributed by atoms with Crippen molar-refractivity contribution in [1.29, 1.82) is 0 Å². The number of carbonyl (C=O) groups is 1. The average molecular weight is 230 g/mol. The number of piperidine rings is 1. The molecule has 1 heterocycles. The summed E-state index contributed by atoms with van der Waals surface area (Å²) in [6, 6.07) is 0.00912. The van der Waals surface area contributed by atoms with Crippen molar-refractivity contribution >= 4 is 6.03 Å². The van der Waals surface area contributed by atoms with Crippen molar-refractivity contribution in [1.82, 2.24) is 9.80 Å². The van der Waals surface area contributed by atoms with E-state index in [4.69, 9.17) is 4.74 Å². The first-order chi connectivity index (χ1) is 7.65. The molecule has 0 aromatic rings. The van der Waals surface area contributed by atoms with Crippen LogP contribution in [-0.4, -0.2) is 67.4 Å². The molecule has 1 N–H and O–H groups in total. The molecule has 94 valence electrons. The predicted octanol–water partition coefficient (Wildman–Crippen LogP) is 0.531. The molecule has 1 rings (SSSR count). The standard InChI is InChI=1S/C11H22N2O3/c1-12(8-10(14)9-16-2)11(15)13-6-4-3-5-7-13/h10,14H,3-9H2,1-2H3. The lowest BCUT2D eigenvalue weighted by Crippen LogP contribution is -2.46. The number of hydrogen-bond donors (Lipinski definition) is 1. The van der Waals surface area contributed by atoms with Crippen molar-refractivity contribution in [3.05, 3.63) is 0 Å². The number of likely N-dealkylation sites (tertiary alicyclic amines) is 1. The molecule has 5 nitrogen and oxygen atoms in total. The molecule has 1 aliphatic heterocycles. The summed E-state index contributed by atoms with van der Waals surface area (Å²) in [7, 11) is 3.26. The highest BCUT2D eigenvalue weighted by molar-refractivity contribution is 5.74. The van der Waals surface area contributed by atoms with Crippen LogP contribution in [0.15, 0.2) is 0 Å². The smallest absolute Gasteiger partial charge is 0.319 e. The van der Waals surface area contributed by atoms with Gasteiger partial charge in [-0.1, -0.05) is 0 Å². The van der Waals surface area contributed by atoms with Crippen LogP contribution in [0.5, 0.6) is 0 Å². The van der Waals surface area contributed by atoms with Gasteiger partial charge >= 0.3 is 6.03 Å². The van der Waals surface area contributed by atoms with E-state index in [1.807, 2.05) is 4.90 Å². The molecular formula is C11H22N2O3. The zero-order valence-electron chi connectivity index (χ0n) is 10.2. The lowest BCUT2D eigenvalue weighted by Gasteiger charge is -2.31. The maximum absolute atomic E-state index is 11.9. The molecule has 0 aliphatic carbocycles. The molecule has 5 heteroatoms. The van der Waals surface area contributed by atoms with Crippen molar-refractivity contribution in [3.8, 4) is 0 Å². The molecule has 0 bridgehead atoms. The average Bonchev–Trinajstić information content (AvgIpc) is 2.29. The highest BCUT2D eigenvalue weighted by atomic mass is 16.5. The Labute approximate surface area is 97.0 Å². The van der Waals surface area contributed by atoms with E-state index in [-0.39, 0.29) is 12.6 Å². The summed E-state index contributed by atoms with van der Waals surface area (Å²) in [6.07, 6.45) is 2.77. The maximum atomic E-state index is 11.9. The number of amides is 2. The third kappa shape index (κ3) is 3.98. The van der Waals surface area contributed by atoms with Crippen molar-refractivity contribution < 1.29 is 14.6 Å². The van der Waals surface area contributed by atoms with Crippen molar-refractivity contribution in [2.24, 2.45) is 0 Å². The van der Waals surface area contributed by atoms with Gasteiger partial charge in [-0.2, -0.15) is 0 Å². The van der Waals surface area contributed by atoms with Crippen LogP contribution in [0, 0.1) is 0 Å². The lowest BCUT2D eigenvalue weighted by molar-refractivity contribution is 0.0445. The molecular weight excluding hydrogens is 208 g/mol. The first-order valence-corrected chi connectivity index (χ1v) is 5.82. The number of aliphatic hydroxyl groups excluding tert-OH is 1. The van der Waals surface area contributed by atoms with Gasteiger partial charge in [0, 0.05) is 27.2 Å². The zero-order chi connectivity index (χ0) is 12.0. The van der Waals surface area contributed by atoms with Crippen LogP contribution in [-0.2, 0) is 4.74 Å². The Kier molecular flexibility index (Phi) is 5.55. The quantitative estimate of drug-likeness (QED) is 0.766. The van der Waals surface area contributed by atoms with Crippen molar-refractivity contribution in [2.45, 2.75) is 25.4 Å². The Morgan fingerprint density at radius 3 is 2.62 bits per heavy atom. The summed E-state index contributed by atoms with van der Waals surface area (Å²) >= 11 is 0. The SMILES string of the molecule is COCC(O)CN(C)C(=O)N1CCCCC1. The largest absolute Gasteiger partial charge is 0.389 e. The van der Waals surface area contributed by atoms with Crippen molar-refractivity contribution in [3.63, 3.8) is 0 Å². The number of likely N-dealkylation sites (N-methyl/N-ethyl adjacent to an activating group) is 1. The fourth-order valence-electron chi connectivity index (χ4n) is 1.97. The fourth-order valence-corrected chi connectivity index (χ4v) is 1.97. The van der Waals surface area contributed by atoms with Gasteiger partial charge in [0.05, 0.1) is 19.3 Å². The molecule has 0 saturated carbocycles. The summed E-state index contributed by atoms with van der Waals surface area (Å²) in [5.41, 5.74) is 0. The van der Waals surface area contributed by atoms with Gasteiger partial charge in [0.1, 0.15) is 0 Å². The normalized spacial score (nSPS) is 18.3. The van der Waals surface area contributed by atoms with Gasteiger partial charge in [-0.3, -0.25) is 0 Å². The second-order valence-electron chi connectivity index (χ2n) is 4.32. The topological polar surface area (TPSA) is 53.0 Å². The van der Waals surface area contributed by atoms with Gasteiger partial charge in [0.15, 0.2) is 0 Å². The van der Waals surface area contributed by atoms with E-state index in [2.05, 4.69) is 0 Å². The Bertz CT molecular complexity index is 217. The number of aliphatic hydroxyl groups is 1. The molecule has 1 saturated heterocycles. The summed E-state index contributed by atoms with van der Waals surface area (Å²) in [5.74, 6) is 0. The van der Waals surface area contributed by atoms with Gasteiger partial charge in [-0.25, -0.2) is 4.79 Å². The second kappa shape index (κ2) is 6.70. The van der Waals surface area contributed by atoms with E-state index in [0.717, 1.165) is 25.9 Å². The first kappa shape index (κ1) is 13.3. The van der Waals surface area contributed by atoms with Crippen molar-refractivity contribution in [2.75, 3.05) is 40.4 Å². The Morgan fingerprint density at radius 2 is 2.06 bits per heavy atom. The summed E-state index contributed by atoms with van der Waals surface area (Å²) in [5, 5.41) is 9.53. The number of carbonyl (C=O) groups excluding carboxylic acids is 1. The number of ether oxygens (including phenoxy) is 1.